The highest BCUT2D eigenvalue weighted by Gasteiger charge is 2.32. The van der Waals surface area contributed by atoms with E-state index in [-0.39, 0.29) is 0 Å². The third kappa shape index (κ3) is 3.58. The number of aromatic nitrogens is 2. The molecule has 1 aliphatic carbocycles. The second-order valence-corrected chi connectivity index (χ2v) is 6.12. The molecule has 0 saturated heterocycles. The lowest BCUT2D eigenvalue weighted by molar-refractivity contribution is -0.0387. The van der Waals surface area contributed by atoms with E-state index in [1.165, 1.54) is 0 Å². The van der Waals surface area contributed by atoms with Crippen molar-refractivity contribution in [1.82, 2.24) is 9.78 Å². The van der Waals surface area contributed by atoms with Crippen LogP contribution in [0.5, 0.6) is 0 Å². The Morgan fingerprint density at radius 2 is 2.26 bits per heavy atom. The average Bonchev–Trinajstić information content (AvgIpc) is 2.68. The summed E-state index contributed by atoms with van der Waals surface area (Å²) in [7, 11) is 0. The van der Waals surface area contributed by atoms with E-state index in [2.05, 4.69) is 28.0 Å². The Hall–Kier alpha value is -0.390. The first-order chi connectivity index (χ1) is 9.15. The van der Waals surface area contributed by atoms with Gasteiger partial charge in [0.1, 0.15) is 0 Å². The molecule has 1 aliphatic rings. The molecule has 1 atom stereocenters. The lowest BCUT2D eigenvalue weighted by Gasteiger charge is -2.36. The number of ether oxygens (including phenoxy) is 1. The van der Waals surface area contributed by atoms with Crippen molar-refractivity contribution in [3.8, 4) is 0 Å². The van der Waals surface area contributed by atoms with Gasteiger partial charge in [-0.15, -0.1) is 0 Å². The smallest absolute Gasteiger partial charge is 0.0970 e. The number of nitrogens with zero attached hydrogens (tertiary/aromatic N) is 2. The van der Waals surface area contributed by atoms with Crippen LogP contribution in [0.2, 0.25) is 0 Å². The van der Waals surface area contributed by atoms with Gasteiger partial charge in [0, 0.05) is 13.2 Å². The van der Waals surface area contributed by atoms with E-state index in [1.807, 2.05) is 11.6 Å². The largest absolute Gasteiger partial charge is 0.387 e. The van der Waals surface area contributed by atoms with Crippen LogP contribution >= 0.6 is 15.9 Å². The van der Waals surface area contributed by atoms with E-state index >= 15 is 0 Å². The number of hydrogen-bond donors (Lipinski definition) is 1. The van der Waals surface area contributed by atoms with Crippen molar-refractivity contribution in [2.45, 2.75) is 58.3 Å². The minimum Gasteiger partial charge on any atom is -0.387 e. The molecule has 2 rings (SSSR count). The molecular weight excluding hydrogens is 308 g/mol. The molecule has 4 nitrogen and oxygen atoms in total. The van der Waals surface area contributed by atoms with Crippen molar-refractivity contribution in [1.29, 1.82) is 0 Å². The van der Waals surface area contributed by atoms with Crippen LogP contribution in [-0.4, -0.2) is 27.6 Å². The van der Waals surface area contributed by atoms with Gasteiger partial charge in [0.2, 0.25) is 0 Å². The van der Waals surface area contributed by atoms with E-state index in [0.29, 0.717) is 12.0 Å². The molecule has 1 saturated carbocycles. The molecule has 19 heavy (non-hydrogen) atoms. The number of halogens is 1. The average molecular weight is 331 g/mol. The molecule has 0 amide bonds. The molecule has 5 heteroatoms. The lowest BCUT2D eigenvalue weighted by atomic mass is 9.78. The van der Waals surface area contributed by atoms with Gasteiger partial charge in [0.05, 0.1) is 28.6 Å². The van der Waals surface area contributed by atoms with Crippen LogP contribution in [0.1, 0.15) is 51.3 Å². The summed E-state index contributed by atoms with van der Waals surface area (Å²) in [5.74, 6) is 0.573. The first kappa shape index (κ1) is 15.0. The fourth-order valence-corrected chi connectivity index (χ4v) is 3.32. The maximum atomic E-state index is 10.4. The predicted molar refractivity (Wildman–Crippen MR) is 77.9 cm³/mol. The molecule has 0 spiro atoms. The van der Waals surface area contributed by atoms with Crippen molar-refractivity contribution in [3.05, 3.63) is 16.4 Å². The molecule has 1 aromatic rings. The summed E-state index contributed by atoms with van der Waals surface area (Å²) in [4.78, 5) is 0. The van der Waals surface area contributed by atoms with E-state index in [0.717, 1.165) is 49.0 Å². The van der Waals surface area contributed by atoms with E-state index in [4.69, 9.17) is 4.74 Å². The monoisotopic (exact) mass is 330 g/mol. The quantitative estimate of drug-likeness (QED) is 0.834. The minimum atomic E-state index is -0.434. The highest BCUT2D eigenvalue weighted by molar-refractivity contribution is 9.10. The van der Waals surface area contributed by atoms with Gasteiger partial charge in [-0.3, -0.25) is 4.68 Å². The van der Waals surface area contributed by atoms with Gasteiger partial charge in [0.25, 0.3) is 0 Å². The van der Waals surface area contributed by atoms with E-state index in [9.17, 15) is 5.11 Å². The fourth-order valence-electron chi connectivity index (χ4n) is 2.76. The van der Waals surface area contributed by atoms with Gasteiger partial charge in [0.15, 0.2) is 0 Å². The van der Waals surface area contributed by atoms with Crippen LogP contribution in [0.25, 0.3) is 0 Å². The van der Waals surface area contributed by atoms with E-state index in [1.54, 1.807) is 6.20 Å². The lowest BCUT2D eigenvalue weighted by Crippen LogP contribution is -2.32. The van der Waals surface area contributed by atoms with E-state index < -0.39 is 6.10 Å². The predicted octanol–water partition coefficient (Wildman–Crippen LogP) is 3.29. The van der Waals surface area contributed by atoms with Gasteiger partial charge < -0.3 is 9.84 Å². The first-order valence-electron chi connectivity index (χ1n) is 7.16. The van der Waals surface area contributed by atoms with Gasteiger partial charge in [-0.25, -0.2) is 0 Å². The summed E-state index contributed by atoms with van der Waals surface area (Å²) in [5.41, 5.74) is 0.918. The number of hydrogen-bond acceptors (Lipinski definition) is 3. The van der Waals surface area contributed by atoms with Crippen molar-refractivity contribution >= 4 is 15.9 Å². The SMILES string of the molecule is CCCn1ncc(Br)c1C(O)CC1CC(OCC)C1. The zero-order valence-electron chi connectivity index (χ0n) is 11.7. The molecular formula is C14H23BrN2O2. The van der Waals surface area contributed by atoms with Gasteiger partial charge in [-0.1, -0.05) is 6.92 Å². The molecule has 1 unspecified atom stereocenters. The third-order valence-corrected chi connectivity index (χ3v) is 4.35. The molecule has 0 aliphatic heterocycles. The minimum absolute atomic E-state index is 0.409. The summed E-state index contributed by atoms with van der Waals surface area (Å²) in [6.45, 7) is 5.78. The third-order valence-electron chi connectivity index (χ3n) is 3.74. The summed E-state index contributed by atoms with van der Waals surface area (Å²) >= 11 is 3.49. The van der Waals surface area contributed by atoms with Gasteiger partial charge >= 0.3 is 0 Å². The fraction of sp³-hybridized carbons (Fsp3) is 0.786. The molecule has 1 aromatic heterocycles. The van der Waals surface area contributed by atoms with Crippen LogP contribution in [0.15, 0.2) is 10.7 Å². The zero-order valence-corrected chi connectivity index (χ0v) is 13.3. The second kappa shape index (κ2) is 6.86. The number of aliphatic hydroxyl groups excluding tert-OH is 1. The van der Waals surface area contributed by atoms with Crippen LogP contribution in [-0.2, 0) is 11.3 Å². The Bertz CT molecular complexity index is 402. The number of aliphatic hydroxyl groups is 1. The summed E-state index contributed by atoms with van der Waals surface area (Å²) in [5, 5.41) is 14.7. The normalized spacial score (nSPS) is 24.2. The van der Waals surface area contributed by atoms with Gasteiger partial charge in [-0.05, 0) is 54.5 Å². The maximum absolute atomic E-state index is 10.4. The number of rotatable bonds is 7. The Labute approximate surface area is 123 Å². The summed E-state index contributed by atoms with van der Waals surface area (Å²) in [6, 6.07) is 0. The van der Waals surface area contributed by atoms with Gasteiger partial charge in [-0.2, -0.15) is 5.10 Å². The molecule has 108 valence electrons. The summed E-state index contributed by atoms with van der Waals surface area (Å²) < 4.78 is 8.38. The molecule has 0 aromatic carbocycles. The molecule has 1 N–H and O–H groups in total. The Morgan fingerprint density at radius 1 is 1.53 bits per heavy atom. The van der Waals surface area contributed by atoms with Crippen LogP contribution in [0.4, 0.5) is 0 Å². The maximum Gasteiger partial charge on any atom is 0.0970 e. The Morgan fingerprint density at radius 3 is 2.89 bits per heavy atom. The Balaban J connectivity index is 1.90. The zero-order chi connectivity index (χ0) is 13.8. The molecule has 1 fully saturated rings. The van der Waals surface area contributed by atoms with Crippen molar-refractivity contribution in [3.63, 3.8) is 0 Å². The molecule has 0 radical (unpaired) electrons. The molecule has 1 heterocycles. The van der Waals surface area contributed by atoms with Crippen LogP contribution in [0, 0.1) is 5.92 Å². The molecule has 0 bridgehead atoms. The topological polar surface area (TPSA) is 47.3 Å². The second-order valence-electron chi connectivity index (χ2n) is 5.27. The highest BCUT2D eigenvalue weighted by atomic mass is 79.9. The van der Waals surface area contributed by atoms with Crippen molar-refractivity contribution in [2.75, 3.05) is 6.61 Å². The standard InChI is InChI=1S/C14H23BrN2O2/c1-3-5-17-14(12(15)9-16-17)13(18)8-10-6-11(7-10)19-4-2/h9-11,13,18H,3-8H2,1-2H3. The summed E-state index contributed by atoms with van der Waals surface area (Å²) in [6.07, 6.45) is 5.72. The van der Waals surface area contributed by atoms with Crippen molar-refractivity contribution < 1.29 is 9.84 Å². The Kier molecular flexibility index (Phi) is 5.42. The van der Waals surface area contributed by atoms with Crippen LogP contribution in [0.3, 0.4) is 0 Å². The van der Waals surface area contributed by atoms with Crippen LogP contribution < -0.4 is 0 Å². The highest BCUT2D eigenvalue weighted by Crippen LogP contribution is 2.38. The first-order valence-corrected chi connectivity index (χ1v) is 7.95. The van der Waals surface area contributed by atoms with Crippen molar-refractivity contribution in [2.24, 2.45) is 5.92 Å². The number of aryl methyl sites for hydroxylation is 1.